The molecule has 0 fully saturated rings. The molecule has 1 atom stereocenters. The molecule has 0 amide bonds. The van der Waals surface area contributed by atoms with E-state index in [1.165, 1.54) is 43.1 Å². The highest BCUT2D eigenvalue weighted by molar-refractivity contribution is 7.99. The molecule has 0 saturated heterocycles. The molecule has 3 rings (SSSR count). The molecular weight excluding hydrogens is 462 g/mol. The lowest BCUT2D eigenvalue weighted by molar-refractivity contribution is 0.0656. The number of halogens is 3. The van der Waals surface area contributed by atoms with Gasteiger partial charge in [-0.15, -0.1) is 11.8 Å². The second-order valence-corrected chi connectivity index (χ2v) is 7.72. The molecule has 2 aromatic carbocycles. The summed E-state index contributed by atoms with van der Waals surface area (Å²) in [5.74, 6) is -0.264. The number of methoxy groups -OCH3 is 1. The maximum Gasteiger partial charge on any atom is 0.326 e. The van der Waals surface area contributed by atoms with Crippen LogP contribution in [0.1, 0.15) is 0 Å². The van der Waals surface area contributed by atoms with Crippen LogP contribution in [-0.4, -0.2) is 40.6 Å². The maximum atomic E-state index is 13.6. The van der Waals surface area contributed by atoms with E-state index in [1.807, 2.05) is 0 Å². The first-order valence-corrected chi connectivity index (χ1v) is 9.80. The topological polar surface area (TPSA) is 95.2 Å². The third-order valence-electron chi connectivity index (χ3n) is 4.10. The second-order valence-electron chi connectivity index (χ2n) is 5.87. The Kier molecular flexibility index (Phi) is 8.21. The lowest BCUT2D eigenvalue weighted by Crippen LogP contribution is -2.22. The molecule has 0 aliphatic carbocycles. The standard InChI is InChI=1S/C18H15Cl2FN2O4S.H2S/c1-27-9(6-24)7-28-16-14(8-2-3-13(21)11(19)4-8)12(20)5-10-15(16)22-18(26)23-17(10)25;/h2-5,9,24H,6-7H2,1H3,(H2,22,23,25,26);1H2/t9-;/m0./s1. The van der Waals surface area contributed by atoms with E-state index in [9.17, 15) is 19.1 Å². The van der Waals surface area contributed by atoms with Gasteiger partial charge in [-0.05, 0) is 23.8 Å². The third-order valence-corrected chi connectivity index (χ3v) is 5.93. The number of ether oxygens (including phenoxy) is 1. The summed E-state index contributed by atoms with van der Waals surface area (Å²) in [6.07, 6.45) is -0.475. The molecular formula is C18H17Cl2FN2O4S2. The van der Waals surface area contributed by atoms with Crippen molar-refractivity contribution in [1.29, 1.82) is 0 Å². The van der Waals surface area contributed by atoms with E-state index in [2.05, 4.69) is 9.97 Å². The lowest BCUT2D eigenvalue weighted by Gasteiger charge is -2.17. The number of hydrogen-bond acceptors (Lipinski definition) is 5. The zero-order valence-corrected chi connectivity index (χ0v) is 18.3. The fraction of sp³-hybridized carbons (Fsp3) is 0.222. The highest BCUT2D eigenvalue weighted by Gasteiger charge is 2.20. The Labute approximate surface area is 185 Å². The normalized spacial score (nSPS) is 12.0. The van der Waals surface area contributed by atoms with E-state index in [0.717, 1.165) is 0 Å². The molecule has 0 aliphatic heterocycles. The van der Waals surface area contributed by atoms with Crippen LogP contribution in [0, 0.1) is 5.82 Å². The zero-order valence-electron chi connectivity index (χ0n) is 15.0. The van der Waals surface area contributed by atoms with Gasteiger partial charge in [0.05, 0.1) is 33.7 Å². The number of H-pyrrole nitrogens is 2. The zero-order chi connectivity index (χ0) is 20.4. The third kappa shape index (κ3) is 4.99. The molecule has 0 radical (unpaired) electrons. The fourth-order valence-corrected chi connectivity index (χ4v) is 4.50. The summed E-state index contributed by atoms with van der Waals surface area (Å²) >= 11 is 13.6. The van der Waals surface area contributed by atoms with Gasteiger partial charge in [-0.25, -0.2) is 9.18 Å². The van der Waals surface area contributed by atoms with Gasteiger partial charge >= 0.3 is 5.69 Å². The van der Waals surface area contributed by atoms with E-state index < -0.39 is 23.2 Å². The molecule has 29 heavy (non-hydrogen) atoms. The largest absolute Gasteiger partial charge is 0.394 e. The average Bonchev–Trinajstić information content (AvgIpc) is 2.65. The first-order valence-electron chi connectivity index (χ1n) is 8.06. The van der Waals surface area contributed by atoms with E-state index >= 15 is 0 Å². The van der Waals surface area contributed by atoms with Crippen molar-refractivity contribution in [3.63, 3.8) is 0 Å². The van der Waals surface area contributed by atoms with Gasteiger partial charge in [0.25, 0.3) is 5.56 Å². The summed E-state index contributed by atoms with van der Waals surface area (Å²) in [5, 5.41) is 9.71. The SMILES string of the molecule is CO[C@@H](CO)CSc1c(-c2ccc(F)c(Cl)c2)c(Cl)cc2c(=O)[nH]c(=O)[nH]c12.S. The number of aromatic nitrogens is 2. The predicted octanol–water partition coefficient (Wildman–Crippen LogP) is 3.54. The minimum absolute atomic E-state index is 0. The number of aliphatic hydroxyl groups excluding tert-OH is 1. The Morgan fingerprint density at radius 2 is 1.93 bits per heavy atom. The highest BCUT2D eigenvalue weighted by Crippen LogP contribution is 2.42. The van der Waals surface area contributed by atoms with Crippen molar-refractivity contribution < 1.29 is 14.2 Å². The molecule has 3 N–H and O–H groups in total. The Morgan fingerprint density at radius 1 is 1.21 bits per heavy atom. The number of thioether (sulfide) groups is 1. The quantitative estimate of drug-likeness (QED) is 0.471. The van der Waals surface area contributed by atoms with Crippen LogP contribution >= 0.6 is 48.5 Å². The first-order chi connectivity index (χ1) is 13.3. The highest BCUT2D eigenvalue weighted by atomic mass is 35.5. The molecule has 156 valence electrons. The number of nitrogens with one attached hydrogen (secondary N) is 2. The number of rotatable bonds is 6. The van der Waals surface area contributed by atoms with Crippen molar-refractivity contribution in [3.8, 4) is 11.1 Å². The molecule has 0 bridgehead atoms. The molecule has 0 unspecified atom stereocenters. The molecule has 6 nitrogen and oxygen atoms in total. The van der Waals surface area contributed by atoms with Crippen molar-refractivity contribution in [2.75, 3.05) is 19.5 Å². The first kappa shape index (κ1) is 23.8. The molecule has 3 aromatic rings. The minimum Gasteiger partial charge on any atom is -0.394 e. The van der Waals surface area contributed by atoms with Gasteiger partial charge in [-0.2, -0.15) is 13.5 Å². The van der Waals surface area contributed by atoms with Crippen LogP contribution in [0.3, 0.4) is 0 Å². The summed E-state index contributed by atoms with van der Waals surface area (Å²) in [7, 11) is 1.46. The Bertz CT molecular complexity index is 1150. The molecule has 0 spiro atoms. The van der Waals surface area contributed by atoms with Gasteiger partial charge in [-0.3, -0.25) is 9.78 Å². The van der Waals surface area contributed by atoms with Crippen LogP contribution in [0.25, 0.3) is 22.0 Å². The lowest BCUT2D eigenvalue weighted by atomic mass is 10.0. The average molecular weight is 479 g/mol. The summed E-state index contributed by atoms with van der Waals surface area (Å²) in [6, 6.07) is 5.56. The maximum absolute atomic E-state index is 13.6. The predicted molar refractivity (Wildman–Crippen MR) is 120 cm³/mol. The van der Waals surface area contributed by atoms with Crippen LogP contribution in [0.15, 0.2) is 38.8 Å². The van der Waals surface area contributed by atoms with E-state index in [1.54, 1.807) is 0 Å². The molecule has 0 aliphatic rings. The van der Waals surface area contributed by atoms with E-state index in [0.29, 0.717) is 21.8 Å². The number of hydrogen-bond donors (Lipinski definition) is 3. The van der Waals surface area contributed by atoms with Crippen LogP contribution in [0.4, 0.5) is 4.39 Å². The molecule has 11 heteroatoms. The molecule has 0 saturated carbocycles. The van der Waals surface area contributed by atoms with Crippen molar-refractivity contribution in [2.24, 2.45) is 0 Å². The van der Waals surface area contributed by atoms with Crippen molar-refractivity contribution in [2.45, 2.75) is 11.0 Å². The van der Waals surface area contributed by atoms with E-state index in [-0.39, 0.29) is 41.1 Å². The number of aromatic amines is 2. The van der Waals surface area contributed by atoms with Gasteiger partial charge in [0.1, 0.15) is 5.82 Å². The Morgan fingerprint density at radius 3 is 2.55 bits per heavy atom. The summed E-state index contributed by atoms with van der Waals surface area (Å²) in [5.41, 5.74) is 0.0215. The van der Waals surface area contributed by atoms with Gasteiger partial charge in [-0.1, -0.05) is 29.3 Å². The molecule has 1 heterocycles. The van der Waals surface area contributed by atoms with Crippen molar-refractivity contribution >= 4 is 59.4 Å². The Balaban J connectivity index is 0.00000300. The summed E-state index contributed by atoms with van der Waals surface area (Å²) < 4.78 is 18.8. The summed E-state index contributed by atoms with van der Waals surface area (Å²) in [6.45, 7) is -0.211. The Hall–Kier alpha value is -1.49. The monoisotopic (exact) mass is 478 g/mol. The number of fused-ring (bicyclic) bond motifs is 1. The van der Waals surface area contributed by atoms with Crippen molar-refractivity contribution in [3.05, 3.63) is 61.0 Å². The molecule has 1 aromatic heterocycles. The van der Waals surface area contributed by atoms with Crippen LogP contribution < -0.4 is 11.2 Å². The smallest absolute Gasteiger partial charge is 0.326 e. The van der Waals surface area contributed by atoms with Crippen LogP contribution in [0.2, 0.25) is 10.0 Å². The summed E-state index contributed by atoms with van der Waals surface area (Å²) in [4.78, 5) is 29.3. The van der Waals surface area contributed by atoms with Crippen LogP contribution in [-0.2, 0) is 4.74 Å². The van der Waals surface area contributed by atoms with Crippen LogP contribution in [0.5, 0.6) is 0 Å². The van der Waals surface area contributed by atoms with Gasteiger partial charge < -0.3 is 14.8 Å². The van der Waals surface area contributed by atoms with Gasteiger partial charge in [0, 0.05) is 23.3 Å². The van der Waals surface area contributed by atoms with Gasteiger partial charge in [0.15, 0.2) is 0 Å². The number of benzene rings is 2. The fourth-order valence-electron chi connectivity index (χ4n) is 2.68. The minimum atomic E-state index is -0.671. The second kappa shape index (κ2) is 10.0. The van der Waals surface area contributed by atoms with Crippen molar-refractivity contribution in [1.82, 2.24) is 9.97 Å². The van der Waals surface area contributed by atoms with Gasteiger partial charge in [0.2, 0.25) is 0 Å². The number of aliphatic hydroxyl groups is 1. The van der Waals surface area contributed by atoms with E-state index in [4.69, 9.17) is 27.9 Å².